The van der Waals surface area contributed by atoms with Gasteiger partial charge in [0.05, 0.1) is 6.42 Å². The van der Waals surface area contributed by atoms with Gasteiger partial charge in [0.15, 0.2) is 0 Å². The zero-order chi connectivity index (χ0) is 19.3. The minimum absolute atomic E-state index is 0.0820. The van der Waals surface area contributed by atoms with Gasteiger partial charge in [-0.25, -0.2) is 0 Å². The summed E-state index contributed by atoms with van der Waals surface area (Å²) < 4.78 is 5.47. The topological polar surface area (TPSA) is 67.4 Å². The summed E-state index contributed by atoms with van der Waals surface area (Å²) in [5.74, 6) is -0.202. The van der Waals surface area contributed by atoms with E-state index in [9.17, 15) is 9.59 Å². The van der Waals surface area contributed by atoms with Crippen LogP contribution in [0.1, 0.15) is 42.1 Å². The second-order valence-corrected chi connectivity index (χ2v) is 6.36. The Kier molecular flexibility index (Phi) is 9.07. The molecule has 0 aliphatic heterocycles. The first-order valence-electron chi connectivity index (χ1n) is 9.49. The molecular formula is C22H28N2O3. The van der Waals surface area contributed by atoms with Gasteiger partial charge in [-0.15, -0.1) is 0 Å². The quantitative estimate of drug-likeness (QED) is 0.593. The minimum atomic E-state index is -0.120. The molecule has 0 spiro atoms. The van der Waals surface area contributed by atoms with Crippen molar-refractivity contribution >= 4 is 17.5 Å². The molecule has 27 heavy (non-hydrogen) atoms. The number of ether oxygens (including phenoxy) is 1. The van der Waals surface area contributed by atoms with Gasteiger partial charge in [-0.2, -0.15) is 0 Å². The maximum Gasteiger partial charge on any atom is 0.251 e. The van der Waals surface area contributed by atoms with Gasteiger partial charge in [0.25, 0.3) is 5.91 Å². The van der Waals surface area contributed by atoms with E-state index in [0.29, 0.717) is 30.8 Å². The molecule has 0 radical (unpaired) electrons. The van der Waals surface area contributed by atoms with E-state index >= 15 is 0 Å². The first-order chi connectivity index (χ1) is 13.2. The van der Waals surface area contributed by atoms with Crippen molar-refractivity contribution in [3.8, 4) is 0 Å². The largest absolute Gasteiger partial charge is 0.381 e. The summed E-state index contributed by atoms with van der Waals surface area (Å²) in [5, 5.41) is 5.72. The number of anilines is 1. The highest BCUT2D eigenvalue weighted by atomic mass is 16.5. The second-order valence-electron chi connectivity index (χ2n) is 6.36. The Morgan fingerprint density at radius 2 is 1.63 bits per heavy atom. The van der Waals surface area contributed by atoms with E-state index in [-0.39, 0.29) is 11.8 Å². The van der Waals surface area contributed by atoms with Crippen LogP contribution in [0.5, 0.6) is 0 Å². The molecule has 0 aromatic heterocycles. The van der Waals surface area contributed by atoms with Crippen LogP contribution in [0.3, 0.4) is 0 Å². The third kappa shape index (κ3) is 8.05. The van der Waals surface area contributed by atoms with Crippen LogP contribution in [0.15, 0.2) is 54.6 Å². The molecule has 2 amide bonds. The molecule has 2 aromatic carbocycles. The van der Waals surface area contributed by atoms with Crippen LogP contribution in [-0.2, 0) is 16.0 Å². The Labute approximate surface area is 161 Å². The van der Waals surface area contributed by atoms with Crippen molar-refractivity contribution in [2.45, 2.75) is 32.6 Å². The highest BCUT2D eigenvalue weighted by Crippen LogP contribution is 2.11. The molecule has 144 valence electrons. The fourth-order valence-electron chi connectivity index (χ4n) is 2.52. The molecule has 2 aromatic rings. The van der Waals surface area contributed by atoms with Crippen LogP contribution in [-0.4, -0.2) is 31.6 Å². The molecule has 0 saturated heterocycles. The van der Waals surface area contributed by atoms with Crippen molar-refractivity contribution < 1.29 is 14.3 Å². The zero-order valence-corrected chi connectivity index (χ0v) is 15.9. The van der Waals surface area contributed by atoms with Crippen molar-refractivity contribution in [1.82, 2.24) is 5.32 Å². The summed E-state index contributed by atoms with van der Waals surface area (Å²) in [6.07, 6.45) is 3.31. The molecular weight excluding hydrogens is 340 g/mol. The Hall–Kier alpha value is -2.66. The van der Waals surface area contributed by atoms with Crippen molar-refractivity contribution in [3.63, 3.8) is 0 Å². The number of nitrogens with one attached hydrogen (secondary N) is 2. The number of carbonyl (C=O) groups is 2. The molecule has 0 heterocycles. The first-order valence-corrected chi connectivity index (χ1v) is 9.49. The summed E-state index contributed by atoms with van der Waals surface area (Å²) in [5.41, 5.74) is 2.21. The van der Waals surface area contributed by atoms with Crippen LogP contribution in [0.4, 0.5) is 5.69 Å². The SMILES string of the molecule is CCCCOCCCNC(=O)c1ccc(NC(=O)Cc2ccccc2)cc1. The van der Waals surface area contributed by atoms with E-state index in [1.54, 1.807) is 24.3 Å². The lowest BCUT2D eigenvalue weighted by atomic mass is 10.1. The predicted molar refractivity (Wildman–Crippen MR) is 108 cm³/mol. The van der Waals surface area contributed by atoms with Gasteiger partial charge < -0.3 is 15.4 Å². The number of hydrogen-bond donors (Lipinski definition) is 2. The molecule has 0 bridgehead atoms. The van der Waals surface area contributed by atoms with Gasteiger partial charge in [0.2, 0.25) is 5.91 Å². The standard InChI is InChI=1S/C22H28N2O3/c1-2-3-15-27-16-7-14-23-22(26)19-10-12-20(13-11-19)24-21(25)17-18-8-5-4-6-9-18/h4-6,8-13H,2-3,7,14-17H2,1H3,(H,23,26)(H,24,25). The lowest BCUT2D eigenvalue weighted by molar-refractivity contribution is -0.115. The minimum Gasteiger partial charge on any atom is -0.381 e. The van der Waals surface area contributed by atoms with E-state index in [1.165, 1.54) is 0 Å². The van der Waals surface area contributed by atoms with Crippen molar-refractivity contribution in [1.29, 1.82) is 0 Å². The summed E-state index contributed by atoms with van der Waals surface area (Å²) in [4.78, 5) is 24.2. The fraction of sp³-hybridized carbons (Fsp3) is 0.364. The molecule has 0 aliphatic carbocycles. The molecule has 2 N–H and O–H groups in total. The van der Waals surface area contributed by atoms with Crippen molar-refractivity contribution in [3.05, 3.63) is 65.7 Å². The lowest BCUT2D eigenvalue weighted by Gasteiger charge is -2.08. The molecule has 0 atom stereocenters. The van der Waals surface area contributed by atoms with Gasteiger partial charge >= 0.3 is 0 Å². The maximum atomic E-state index is 12.1. The van der Waals surface area contributed by atoms with E-state index in [0.717, 1.165) is 31.4 Å². The third-order valence-electron chi connectivity index (χ3n) is 4.03. The van der Waals surface area contributed by atoms with E-state index < -0.39 is 0 Å². The van der Waals surface area contributed by atoms with Gasteiger partial charge in [-0.05, 0) is 42.7 Å². The summed E-state index contributed by atoms with van der Waals surface area (Å²) >= 11 is 0. The smallest absolute Gasteiger partial charge is 0.251 e. The van der Waals surface area contributed by atoms with Crippen LogP contribution in [0.2, 0.25) is 0 Å². The molecule has 5 heteroatoms. The maximum absolute atomic E-state index is 12.1. The summed E-state index contributed by atoms with van der Waals surface area (Å²) in [6, 6.07) is 16.5. The van der Waals surface area contributed by atoms with Crippen LogP contribution >= 0.6 is 0 Å². The van der Waals surface area contributed by atoms with Crippen LogP contribution in [0.25, 0.3) is 0 Å². The Bertz CT molecular complexity index is 699. The monoisotopic (exact) mass is 368 g/mol. The zero-order valence-electron chi connectivity index (χ0n) is 15.9. The highest BCUT2D eigenvalue weighted by molar-refractivity contribution is 5.96. The molecule has 2 rings (SSSR count). The number of unbranched alkanes of at least 4 members (excludes halogenated alkanes) is 1. The van der Waals surface area contributed by atoms with Crippen LogP contribution in [0, 0.1) is 0 Å². The highest BCUT2D eigenvalue weighted by Gasteiger charge is 2.07. The average Bonchev–Trinajstić information content (AvgIpc) is 2.68. The Balaban J connectivity index is 1.70. The first kappa shape index (κ1) is 20.6. The Morgan fingerprint density at radius 1 is 0.926 bits per heavy atom. The van der Waals surface area contributed by atoms with E-state index in [2.05, 4.69) is 17.6 Å². The molecule has 0 saturated carbocycles. The van der Waals surface area contributed by atoms with Crippen molar-refractivity contribution in [2.24, 2.45) is 0 Å². The second kappa shape index (κ2) is 11.9. The van der Waals surface area contributed by atoms with Crippen molar-refractivity contribution in [2.75, 3.05) is 25.1 Å². The lowest BCUT2D eigenvalue weighted by Crippen LogP contribution is -2.25. The molecule has 0 unspecified atom stereocenters. The summed E-state index contributed by atoms with van der Waals surface area (Å²) in [6.45, 7) is 4.15. The number of rotatable bonds is 11. The molecule has 5 nitrogen and oxygen atoms in total. The number of hydrogen-bond acceptors (Lipinski definition) is 3. The predicted octanol–water partition coefficient (Wildman–Crippen LogP) is 3.80. The normalized spacial score (nSPS) is 10.4. The molecule has 0 fully saturated rings. The summed E-state index contributed by atoms with van der Waals surface area (Å²) in [7, 11) is 0. The number of benzene rings is 2. The van der Waals surface area contributed by atoms with Gasteiger partial charge in [0.1, 0.15) is 0 Å². The van der Waals surface area contributed by atoms with E-state index in [1.807, 2.05) is 30.3 Å². The fourth-order valence-corrected chi connectivity index (χ4v) is 2.52. The van der Waals surface area contributed by atoms with Gasteiger partial charge in [-0.3, -0.25) is 9.59 Å². The third-order valence-corrected chi connectivity index (χ3v) is 4.03. The van der Waals surface area contributed by atoms with Crippen LogP contribution < -0.4 is 10.6 Å². The number of carbonyl (C=O) groups excluding carboxylic acids is 2. The van der Waals surface area contributed by atoms with Gasteiger partial charge in [-0.1, -0.05) is 43.7 Å². The van der Waals surface area contributed by atoms with E-state index in [4.69, 9.17) is 4.74 Å². The van der Waals surface area contributed by atoms with Gasteiger partial charge in [0, 0.05) is 31.0 Å². The Morgan fingerprint density at radius 3 is 2.33 bits per heavy atom. The number of amides is 2. The average molecular weight is 368 g/mol. The molecule has 0 aliphatic rings.